The summed E-state index contributed by atoms with van der Waals surface area (Å²) in [5, 5.41) is 10.8. The van der Waals surface area contributed by atoms with Crippen LogP contribution in [0.1, 0.15) is 72.1 Å². The molecule has 1 fully saturated rings. The van der Waals surface area contributed by atoms with Crippen molar-refractivity contribution in [1.29, 1.82) is 0 Å². The Morgan fingerprint density at radius 3 is 1.75 bits per heavy atom. The molecule has 0 aromatic heterocycles. The number of nitrogens with one attached hydrogen (secondary N) is 1. The van der Waals surface area contributed by atoms with Crippen LogP contribution in [-0.4, -0.2) is 30.4 Å². The molecule has 0 unspecified atom stereocenters. The van der Waals surface area contributed by atoms with E-state index < -0.39 is 0 Å². The van der Waals surface area contributed by atoms with Crippen molar-refractivity contribution in [2.45, 2.75) is 85.0 Å². The third-order valence-corrected chi connectivity index (χ3v) is 4.86. The number of hydrogen-bond donors (Lipinski definition) is 2. The molecular formula is C21H36NO2+. The van der Waals surface area contributed by atoms with Crippen molar-refractivity contribution < 1.29 is 14.7 Å². The third kappa shape index (κ3) is 4.52. The second-order valence-electron chi connectivity index (χ2n) is 9.63. The molecular weight excluding hydrogens is 298 g/mol. The average molecular weight is 335 g/mol. The van der Waals surface area contributed by atoms with Gasteiger partial charge in [-0.25, -0.2) is 0 Å². The molecule has 1 heterocycles. The summed E-state index contributed by atoms with van der Waals surface area (Å²) in [5.41, 5.74) is 3.29. The second-order valence-corrected chi connectivity index (χ2v) is 9.63. The lowest BCUT2D eigenvalue weighted by Gasteiger charge is -2.33. The van der Waals surface area contributed by atoms with E-state index in [1.807, 2.05) is 0 Å². The standard InChI is InChI=1S/C21H35NO2/c1-14-11-22(12-15(2)24-14)13-16-9-17(20(3,4)5)19(23)18(10-16)21(6,7)8/h9-10,14-15,23H,11-13H2,1-8H3/p+1/t14-,15-/m1/s1. The SMILES string of the molecule is C[C@@H]1C[NH+](Cc2cc(C(C)(C)C)c(O)c(C(C)(C)C)c2)C[C@@H](C)O1. The van der Waals surface area contributed by atoms with E-state index in [4.69, 9.17) is 4.74 Å². The van der Waals surface area contributed by atoms with Crippen LogP contribution in [0.3, 0.4) is 0 Å². The van der Waals surface area contributed by atoms with E-state index in [-0.39, 0.29) is 10.8 Å². The fourth-order valence-corrected chi connectivity index (χ4v) is 3.76. The molecule has 0 radical (unpaired) electrons. The zero-order chi connectivity index (χ0) is 18.3. The first kappa shape index (κ1) is 19.3. The van der Waals surface area contributed by atoms with Gasteiger partial charge in [-0.15, -0.1) is 0 Å². The third-order valence-electron chi connectivity index (χ3n) is 4.86. The molecule has 2 N–H and O–H groups in total. The molecule has 1 aromatic carbocycles. The van der Waals surface area contributed by atoms with E-state index in [1.54, 1.807) is 4.90 Å². The van der Waals surface area contributed by atoms with Gasteiger partial charge in [0.1, 0.15) is 37.6 Å². The Morgan fingerprint density at radius 1 is 0.958 bits per heavy atom. The first-order chi connectivity index (χ1) is 10.9. The van der Waals surface area contributed by atoms with E-state index in [0.29, 0.717) is 18.0 Å². The number of benzene rings is 1. The number of hydrogen-bond acceptors (Lipinski definition) is 2. The maximum atomic E-state index is 10.8. The Bertz CT molecular complexity index is 535. The van der Waals surface area contributed by atoms with Gasteiger partial charge in [0.05, 0.1) is 0 Å². The maximum absolute atomic E-state index is 10.8. The summed E-state index contributed by atoms with van der Waals surface area (Å²) < 4.78 is 5.87. The molecule has 2 atom stereocenters. The van der Waals surface area contributed by atoms with Crippen LogP contribution < -0.4 is 4.90 Å². The van der Waals surface area contributed by atoms with Gasteiger partial charge in [-0.05, 0) is 36.8 Å². The van der Waals surface area contributed by atoms with Crippen molar-refractivity contribution in [2.24, 2.45) is 0 Å². The van der Waals surface area contributed by atoms with Gasteiger partial charge in [-0.1, -0.05) is 41.5 Å². The number of morpholine rings is 1. The second kappa shape index (κ2) is 6.68. The highest BCUT2D eigenvalue weighted by molar-refractivity contribution is 5.49. The molecule has 3 heteroatoms. The van der Waals surface area contributed by atoms with Gasteiger partial charge in [0, 0.05) is 16.7 Å². The van der Waals surface area contributed by atoms with Crippen LogP contribution in [0, 0.1) is 0 Å². The molecule has 2 rings (SSSR count). The Labute approximate surface area is 148 Å². The predicted octanol–water partition coefficient (Wildman–Crippen LogP) is 3.18. The zero-order valence-corrected chi connectivity index (χ0v) is 16.8. The summed E-state index contributed by atoms with van der Waals surface area (Å²) in [6.45, 7) is 20.4. The summed E-state index contributed by atoms with van der Waals surface area (Å²) in [6.07, 6.45) is 0.620. The molecule has 24 heavy (non-hydrogen) atoms. The molecule has 1 aliphatic rings. The molecule has 1 saturated heterocycles. The van der Waals surface area contributed by atoms with Crippen molar-refractivity contribution in [1.82, 2.24) is 0 Å². The normalized spacial score (nSPS) is 25.8. The van der Waals surface area contributed by atoms with Crippen LogP contribution in [0.4, 0.5) is 0 Å². The number of aromatic hydroxyl groups is 1. The summed E-state index contributed by atoms with van der Waals surface area (Å²) in [4.78, 5) is 1.56. The van der Waals surface area contributed by atoms with Crippen molar-refractivity contribution in [3.8, 4) is 5.75 Å². The molecule has 3 nitrogen and oxygen atoms in total. The quantitative estimate of drug-likeness (QED) is 0.871. The first-order valence-corrected chi connectivity index (χ1v) is 9.24. The van der Waals surface area contributed by atoms with Gasteiger partial charge in [0.2, 0.25) is 0 Å². The monoisotopic (exact) mass is 334 g/mol. The Balaban J connectivity index is 2.39. The average Bonchev–Trinajstić information content (AvgIpc) is 2.36. The van der Waals surface area contributed by atoms with Crippen molar-refractivity contribution >= 4 is 0 Å². The van der Waals surface area contributed by atoms with Crippen LogP contribution in [0.5, 0.6) is 5.75 Å². The van der Waals surface area contributed by atoms with Crippen LogP contribution in [0.2, 0.25) is 0 Å². The summed E-state index contributed by atoms with van der Waals surface area (Å²) in [7, 11) is 0. The minimum Gasteiger partial charge on any atom is -0.507 e. The maximum Gasteiger partial charge on any atom is 0.123 e. The van der Waals surface area contributed by atoms with Crippen LogP contribution in [0.25, 0.3) is 0 Å². The highest BCUT2D eigenvalue weighted by atomic mass is 16.5. The fraction of sp³-hybridized carbons (Fsp3) is 0.714. The van der Waals surface area contributed by atoms with E-state index in [0.717, 1.165) is 30.8 Å². The molecule has 1 aromatic rings. The lowest BCUT2D eigenvalue weighted by atomic mass is 9.78. The van der Waals surface area contributed by atoms with Gasteiger partial charge in [-0.2, -0.15) is 0 Å². The molecule has 0 saturated carbocycles. The highest BCUT2D eigenvalue weighted by Gasteiger charge is 2.29. The van der Waals surface area contributed by atoms with E-state index in [9.17, 15) is 5.11 Å². The minimum absolute atomic E-state index is 0.0684. The van der Waals surface area contributed by atoms with Crippen LogP contribution >= 0.6 is 0 Å². The Hall–Kier alpha value is -1.06. The number of quaternary nitrogens is 1. The first-order valence-electron chi connectivity index (χ1n) is 9.24. The topological polar surface area (TPSA) is 33.9 Å². The van der Waals surface area contributed by atoms with E-state index in [1.165, 1.54) is 5.56 Å². The van der Waals surface area contributed by atoms with Crippen molar-refractivity contribution in [3.05, 3.63) is 28.8 Å². The molecule has 0 spiro atoms. The van der Waals surface area contributed by atoms with E-state index in [2.05, 4.69) is 67.5 Å². The number of rotatable bonds is 2. The Morgan fingerprint density at radius 2 is 1.38 bits per heavy atom. The van der Waals surface area contributed by atoms with Crippen LogP contribution in [-0.2, 0) is 22.1 Å². The summed E-state index contributed by atoms with van der Waals surface area (Å²) in [6, 6.07) is 4.42. The largest absolute Gasteiger partial charge is 0.507 e. The predicted molar refractivity (Wildman–Crippen MR) is 99.9 cm³/mol. The minimum atomic E-state index is -0.0684. The van der Waals surface area contributed by atoms with Gasteiger partial charge < -0.3 is 14.7 Å². The number of ether oxygens (including phenoxy) is 1. The zero-order valence-electron chi connectivity index (χ0n) is 16.8. The lowest BCUT2D eigenvalue weighted by Crippen LogP contribution is -3.14. The van der Waals surface area contributed by atoms with Gasteiger partial charge in [0.25, 0.3) is 0 Å². The van der Waals surface area contributed by atoms with E-state index >= 15 is 0 Å². The lowest BCUT2D eigenvalue weighted by molar-refractivity contribution is -0.928. The van der Waals surface area contributed by atoms with Crippen molar-refractivity contribution in [3.63, 3.8) is 0 Å². The van der Waals surface area contributed by atoms with Gasteiger partial charge in [-0.3, -0.25) is 0 Å². The molecule has 0 bridgehead atoms. The molecule has 0 amide bonds. The highest BCUT2D eigenvalue weighted by Crippen LogP contribution is 2.39. The molecule has 1 aliphatic heterocycles. The van der Waals surface area contributed by atoms with Crippen LogP contribution in [0.15, 0.2) is 12.1 Å². The fourth-order valence-electron chi connectivity index (χ4n) is 3.76. The Kier molecular flexibility index (Phi) is 5.37. The van der Waals surface area contributed by atoms with Crippen molar-refractivity contribution in [2.75, 3.05) is 13.1 Å². The molecule has 0 aliphatic carbocycles. The summed E-state index contributed by atoms with van der Waals surface area (Å²) >= 11 is 0. The number of phenolic OH excluding ortho intramolecular Hbond substituents is 1. The smallest absolute Gasteiger partial charge is 0.123 e. The number of phenols is 1. The summed E-state index contributed by atoms with van der Waals surface area (Å²) in [5.74, 6) is 0.470. The van der Waals surface area contributed by atoms with Gasteiger partial charge in [0.15, 0.2) is 0 Å². The van der Waals surface area contributed by atoms with Gasteiger partial charge >= 0.3 is 0 Å². The molecule has 136 valence electrons.